The summed E-state index contributed by atoms with van der Waals surface area (Å²) in [4.78, 5) is 30.0. The fourth-order valence-electron chi connectivity index (χ4n) is 5.00. The largest absolute Gasteiger partial charge is 0.497 e. The van der Waals surface area contributed by atoms with Crippen LogP contribution >= 0.6 is 11.6 Å². The predicted octanol–water partition coefficient (Wildman–Crippen LogP) is 6.41. The number of nitrogens with one attached hydrogen (secondary N) is 1. The molecule has 0 fully saturated rings. The molecule has 242 valence electrons. The molecule has 0 radical (unpaired) electrons. The summed E-state index contributed by atoms with van der Waals surface area (Å²) in [6.45, 7) is 5.36. The molecular formula is C36H40ClN3O5S. The van der Waals surface area contributed by atoms with Gasteiger partial charge in [0.05, 0.1) is 17.7 Å². The van der Waals surface area contributed by atoms with E-state index in [2.05, 4.69) is 5.32 Å². The average molecular weight is 662 g/mol. The van der Waals surface area contributed by atoms with Crippen molar-refractivity contribution in [2.24, 2.45) is 0 Å². The average Bonchev–Trinajstić information content (AvgIpc) is 3.06. The molecule has 0 aliphatic carbocycles. The third-order valence-electron chi connectivity index (χ3n) is 7.90. The van der Waals surface area contributed by atoms with E-state index in [0.717, 1.165) is 21.0 Å². The summed E-state index contributed by atoms with van der Waals surface area (Å²) in [5, 5.41) is 3.36. The van der Waals surface area contributed by atoms with Crippen LogP contribution in [0.5, 0.6) is 5.75 Å². The van der Waals surface area contributed by atoms with Gasteiger partial charge >= 0.3 is 0 Å². The minimum Gasteiger partial charge on any atom is -0.497 e. The van der Waals surface area contributed by atoms with Crippen LogP contribution < -0.4 is 14.4 Å². The van der Waals surface area contributed by atoms with Gasteiger partial charge in [-0.25, -0.2) is 8.42 Å². The van der Waals surface area contributed by atoms with Gasteiger partial charge in [0, 0.05) is 24.0 Å². The lowest BCUT2D eigenvalue weighted by molar-refractivity contribution is -0.140. The van der Waals surface area contributed by atoms with Crippen molar-refractivity contribution in [1.82, 2.24) is 10.2 Å². The maximum Gasteiger partial charge on any atom is 0.264 e. The van der Waals surface area contributed by atoms with Crippen LogP contribution in [0, 0.1) is 6.92 Å². The highest BCUT2D eigenvalue weighted by Crippen LogP contribution is 2.28. The van der Waals surface area contributed by atoms with Gasteiger partial charge in [-0.15, -0.1) is 0 Å². The molecule has 8 nitrogen and oxygen atoms in total. The number of amides is 2. The summed E-state index contributed by atoms with van der Waals surface area (Å²) >= 11 is 6.31. The topological polar surface area (TPSA) is 96.0 Å². The van der Waals surface area contributed by atoms with Gasteiger partial charge in [-0.3, -0.25) is 13.9 Å². The highest BCUT2D eigenvalue weighted by Gasteiger charge is 2.35. The van der Waals surface area contributed by atoms with Crippen molar-refractivity contribution in [3.8, 4) is 5.75 Å². The van der Waals surface area contributed by atoms with E-state index >= 15 is 0 Å². The Balaban J connectivity index is 1.82. The second-order valence-corrected chi connectivity index (χ2v) is 13.4. The molecule has 46 heavy (non-hydrogen) atoms. The fraction of sp³-hybridized carbons (Fsp3) is 0.278. The Morgan fingerprint density at radius 2 is 1.59 bits per heavy atom. The van der Waals surface area contributed by atoms with E-state index in [4.69, 9.17) is 16.3 Å². The molecule has 4 rings (SSSR count). The van der Waals surface area contributed by atoms with Crippen LogP contribution in [0.15, 0.2) is 108 Å². The van der Waals surface area contributed by atoms with Crippen molar-refractivity contribution in [2.45, 2.75) is 57.1 Å². The first-order valence-electron chi connectivity index (χ1n) is 15.1. The lowest BCUT2D eigenvalue weighted by Crippen LogP contribution is -2.54. The molecule has 0 aliphatic rings. The fourth-order valence-corrected chi connectivity index (χ4v) is 6.59. The van der Waals surface area contributed by atoms with Gasteiger partial charge in [0.15, 0.2) is 0 Å². The van der Waals surface area contributed by atoms with E-state index in [1.165, 1.54) is 30.2 Å². The Labute approximate surface area is 277 Å². The number of hydrogen-bond acceptors (Lipinski definition) is 5. The molecule has 1 N–H and O–H groups in total. The van der Waals surface area contributed by atoms with Gasteiger partial charge in [0.25, 0.3) is 10.0 Å². The number of ether oxygens (including phenoxy) is 1. The van der Waals surface area contributed by atoms with Crippen LogP contribution in [-0.4, -0.2) is 50.9 Å². The van der Waals surface area contributed by atoms with Crippen molar-refractivity contribution in [3.05, 3.63) is 125 Å². The highest BCUT2D eigenvalue weighted by molar-refractivity contribution is 7.92. The van der Waals surface area contributed by atoms with Crippen molar-refractivity contribution in [2.75, 3.05) is 18.0 Å². The number of rotatable bonds is 14. The quantitative estimate of drug-likeness (QED) is 0.169. The van der Waals surface area contributed by atoms with Crippen molar-refractivity contribution < 1.29 is 22.7 Å². The Morgan fingerprint density at radius 3 is 2.22 bits per heavy atom. The zero-order valence-electron chi connectivity index (χ0n) is 26.5. The number of carbonyl (C=O) groups excluding carboxylic acids is 2. The van der Waals surface area contributed by atoms with Crippen molar-refractivity contribution >= 4 is 39.1 Å². The first-order valence-corrected chi connectivity index (χ1v) is 17.0. The number of benzene rings is 4. The van der Waals surface area contributed by atoms with E-state index in [-0.39, 0.29) is 35.5 Å². The zero-order valence-corrected chi connectivity index (χ0v) is 28.1. The first kappa shape index (κ1) is 34.5. The second-order valence-electron chi connectivity index (χ2n) is 11.1. The number of nitrogens with zero attached hydrogens (tertiary/aromatic N) is 2. The molecule has 0 spiro atoms. The standard InChI is InChI=1S/C36H40ClN3O5S/c1-5-27(3)38-36(42)34(22-28-13-7-6-8-14-28)39(24-29-15-10-9-12-26(29)2)35(41)25-40(31-17-11-16-30(37)23-31)46(43,44)33-20-18-32(45-4)19-21-33/h6-21,23,27,34H,5,22,24-25H2,1-4H3,(H,38,42)/t27-,34+/m1/s1. The molecule has 0 unspecified atom stereocenters. The van der Waals surface area contributed by atoms with Crippen molar-refractivity contribution in [1.29, 1.82) is 0 Å². The zero-order chi connectivity index (χ0) is 33.3. The summed E-state index contributed by atoms with van der Waals surface area (Å²) in [6.07, 6.45) is 0.946. The Morgan fingerprint density at radius 1 is 0.913 bits per heavy atom. The number of carbonyl (C=O) groups is 2. The van der Waals surface area contributed by atoms with Crippen LogP contribution in [0.1, 0.15) is 37.0 Å². The smallest absolute Gasteiger partial charge is 0.264 e. The van der Waals surface area contributed by atoms with E-state index in [1.807, 2.05) is 75.4 Å². The minimum absolute atomic E-state index is 0.0260. The van der Waals surface area contributed by atoms with E-state index in [0.29, 0.717) is 17.2 Å². The molecule has 4 aromatic rings. The summed E-state index contributed by atoms with van der Waals surface area (Å²) in [7, 11) is -2.77. The first-order chi connectivity index (χ1) is 22.0. The Hall–Kier alpha value is -4.34. The number of aryl methyl sites for hydroxylation is 1. The normalized spacial score (nSPS) is 12.5. The number of methoxy groups -OCH3 is 1. The third-order valence-corrected chi connectivity index (χ3v) is 9.92. The van der Waals surface area contributed by atoms with E-state index in [1.54, 1.807) is 30.3 Å². The van der Waals surface area contributed by atoms with Gasteiger partial charge in [0.2, 0.25) is 11.8 Å². The number of hydrogen-bond donors (Lipinski definition) is 1. The Bertz CT molecular complexity index is 1730. The molecule has 0 aliphatic heterocycles. The lowest BCUT2D eigenvalue weighted by atomic mass is 10.0. The molecule has 0 aromatic heterocycles. The van der Waals surface area contributed by atoms with Crippen LogP contribution in [-0.2, 0) is 32.6 Å². The van der Waals surface area contributed by atoms with Gasteiger partial charge < -0.3 is 15.0 Å². The molecule has 0 bridgehead atoms. The second kappa shape index (κ2) is 15.8. The van der Waals surface area contributed by atoms with Crippen molar-refractivity contribution in [3.63, 3.8) is 0 Å². The summed E-state index contributed by atoms with van der Waals surface area (Å²) < 4.78 is 34.6. The van der Waals surface area contributed by atoms with Crippen LogP contribution in [0.25, 0.3) is 0 Å². The number of anilines is 1. The molecule has 10 heteroatoms. The molecule has 2 atom stereocenters. The third kappa shape index (κ3) is 8.68. The predicted molar refractivity (Wildman–Crippen MR) is 183 cm³/mol. The highest BCUT2D eigenvalue weighted by atomic mass is 35.5. The van der Waals surface area contributed by atoms with Gasteiger partial charge in [-0.2, -0.15) is 0 Å². The van der Waals surface area contributed by atoms with Crippen LogP contribution in [0.3, 0.4) is 0 Å². The van der Waals surface area contributed by atoms with Crippen LogP contribution in [0.4, 0.5) is 5.69 Å². The minimum atomic E-state index is -4.26. The van der Waals surface area contributed by atoms with Gasteiger partial charge in [0.1, 0.15) is 18.3 Å². The Kier molecular flexibility index (Phi) is 11.8. The maximum atomic E-state index is 14.6. The maximum absolute atomic E-state index is 14.6. The summed E-state index contributed by atoms with van der Waals surface area (Å²) in [6, 6.07) is 28.4. The SMILES string of the molecule is CC[C@@H](C)NC(=O)[C@H](Cc1ccccc1)N(Cc1ccccc1C)C(=O)CN(c1cccc(Cl)c1)S(=O)(=O)c1ccc(OC)cc1. The number of sulfonamides is 1. The molecule has 2 amide bonds. The monoisotopic (exact) mass is 661 g/mol. The molecule has 0 heterocycles. The summed E-state index contributed by atoms with van der Waals surface area (Å²) in [5.74, 6) is -0.363. The summed E-state index contributed by atoms with van der Waals surface area (Å²) in [5.41, 5.74) is 2.87. The molecule has 0 saturated heterocycles. The lowest BCUT2D eigenvalue weighted by Gasteiger charge is -2.34. The van der Waals surface area contributed by atoms with Crippen LogP contribution in [0.2, 0.25) is 5.02 Å². The van der Waals surface area contributed by atoms with Gasteiger partial charge in [-0.05, 0) is 79.4 Å². The van der Waals surface area contributed by atoms with E-state index in [9.17, 15) is 18.0 Å². The molecule has 4 aromatic carbocycles. The molecule has 0 saturated carbocycles. The van der Waals surface area contributed by atoms with Gasteiger partial charge in [-0.1, -0.05) is 79.2 Å². The molecular weight excluding hydrogens is 622 g/mol. The number of halogens is 1. The van der Waals surface area contributed by atoms with E-state index < -0.39 is 28.5 Å².